The van der Waals surface area contributed by atoms with Crippen LogP contribution < -0.4 is 0 Å². The van der Waals surface area contributed by atoms with Gasteiger partial charge < -0.3 is 14.7 Å². The zero-order chi connectivity index (χ0) is 15.4. The van der Waals surface area contributed by atoms with E-state index in [-0.39, 0.29) is 18.9 Å². The van der Waals surface area contributed by atoms with Crippen molar-refractivity contribution in [2.75, 3.05) is 19.8 Å². The SMILES string of the molecule is O=C(O)C1COCCN1C(=O)CCc1cc(Cl)ccc1Br. The van der Waals surface area contributed by atoms with E-state index in [1.165, 1.54) is 4.90 Å². The molecule has 1 saturated heterocycles. The van der Waals surface area contributed by atoms with Crippen molar-refractivity contribution in [2.45, 2.75) is 18.9 Å². The van der Waals surface area contributed by atoms with E-state index in [0.29, 0.717) is 24.6 Å². The predicted octanol–water partition coefficient (Wildman–Crippen LogP) is 2.35. The molecule has 1 atom stereocenters. The van der Waals surface area contributed by atoms with E-state index < -0.39 is 12.0 Å². The molecular formula is C14H15BrClNO4. The van der Waals surface area contributed by atoms with Gasteiger partial charge in [-0.1, -0.05) is 27.5 Å². The first-order valence-corrected chi connectivity index (χ1v) is 7.70. The summed E-state index contributed by atoms with van der Waals surface area (Å²) in [5.41, 5.74) is 0.927. The van der Waals surface area contributed by atoms with Crippen LogP contribution in [0.2, 0.25) is 5.02 Å². The Balaban J connectivity index is 2.00. The zero-order valence-electron chi connectivity index (χ0n) is 11.2. The molecule has 1 N–H and O–H groups in total. The molecule has 0 spiro atoms. The fourth-order valence-corrected chi connectivity index (χ4v) is 2.87. The number of hydrogen-bond donors (Lipinski definition) is 1. The second-order valence-electron chi connectivity index (χ2n) is 4.75. The number of benzene rings is 1. The highest BCUT2D eigenvalue weighted by atomic mass is 79.9. The van der Waals surface area contributed by atoms with E-state index >= 15 is 0 Å². The highest BCUT2D eigenvalue weighted by molar-refractivity contribution is 9.10. The number of ether oxygens (including phenoxy) is 1. The first kappa shape index (κ1) is 16.3. The van der Waals surface area contributed by atoms with E-state index in [4.69, 9.17) is 21.4 Å². The molecule has 2 rings (SSSR count). The summed E-state index contributed by atoms with van der Waals surface area (Å²) < 4.78 is 6.01. The Bertz CT molecular complexity index is 552. The van der Waals surface area contributed by atoms with Gasteiger partial charge in [0, 0.05) is 22.5 Å². The molecule has 1 aromatic carbocycles. The second kappa shape index (κ2) is 7.24. The molecule has 114 valence electrons. The number of aliphatic carboxylic acids is 1. The predicted molar refractivity (Wildman–Crippen MR) is 81.4 cm³/mol. The normalized spacial score (nSPS) is 18.6. The molecule has 0 bridgehead atoms. The summed E-state index contributed by atoms with van der Waals surface area (Å²) >= 11 is 9.35. The lowest BCUT2D eigenvalue weighted by atomic mass is 10.1. The third kappa shape index (κ3) is 4.18. The van der Waals surface area contributed by atoms with Crippen molar-refractivity contribution in [1.82, 2.24) is 4.90 Å². The third-order valence-corrected chi connectivity index (χ3v) is 4.36. The van der Waals surface area contributed by atoms with Crippen molar-refractivity contribution in [3.05, 3.63) is 33.3 Å². The van der Waals surface area contributed by atoms with Gasteiger partial charge in [-0.2, -0.15) is 0 Å². The molecule has 1 fully saturated rings. The lowest BCUT2D eigenvalue weighted by molar-refractivity contribution is -0.158. The van der Waals surface area contributed by atoms with Gasteiger partial charge in [0.05, 0.1) is 13.2 Å². The van der Waals surface area contributed by atoms with Gasteiger partial charge in [-0.3, -0.25) is 4.79 Å². The van der Waals surface area contributed by atoms with E-state index in [2.05, 4.69) is 15.9 Å². The number of carboxylic acids is 1. The van der Waals surface area contributed by atoms with Crippen LogP contribution in [0.5, 0.6) is 0 Å². The fourth-order valence-electron chi connectivity index (χ4n) is 2.23. The smallest absolute Gasteiger partial charge is 0.328 e. The van der Waals surface area contributed by atoms with E-state index in [1.807, 2.05) is 6.07 Å². The molecule has 7 heteroatoms. The first-order valence-electron chi connectivity index (χ1n) is 6.53. The molecule has 1 unspecified atom stereocenters. The molecule has 0 radical (unpaired) electrons. The van der Waals surface area contributed by atoms with Crippen LogP contribution >= 0.6 is 27.5 Å². The molecule has 1 heterocycles. The van der Waals surface area contributed by atoms with Crippen LogP contribution in [0, 0.1) is 0 Å². The average Bonchev–Trinajstić information content (AvgIpc) is 2.47. The molecule has 21 heavy (non-hydrogen) atoms. The van der Waals surface area contributed by atoms with E-state index in [1.54, 1.807) is 12.1 Å². The van der Waals surface area contributed by atoms with Crippen LogP contribution in [0.1, 0.15) is 12.0 Å². The Morgan fingerprint density at radius 1 is 1.48 bits per heavy atom. The van der Waals surface area contributed by atoms with Crippen molar-refractivity contribution >= 4 is 39.4 Å². The number of amides is 1. The third-order valence-electron chi connectivity index (χ3n) is 3.35. The summed E-state index contributed by atoms with van der Waals surface area (Å²) in [6.07, 6.45) is 0.742. The summed E-state index contributed by atoms with van der Waals surface area (Å²) in [7, 11) is 0. The number of hydrogen-bond acceptors (Lipinski definition) is 3. The fraction of sp³-hybridized carbons (Fsp3) is 0.429. The van der Waals surface area contributed by atoms with Gasteiger partial charge in [-0.15, -0.1) is 0 Å². The monoisotopic (exact) mass is 375 g/mol. The number of carbonyl (C=O) groups is 2. The molecule has 1 aliphatic rings. The molecule has 0 saturated carbocycles. The van der Waals surface area contributed by atoms with Gasteiger partial charge in [0.25, 0.3) is 0 Å². The lowest BCUT2D eigenvalue weighted by Crippen LogP contribution is -2.52. The Morgan fingerprint density at radius 2 is 2.24 bits per heavy atom. The van der Waals surface area contributed by atoms with Crippen molar-refractivity contribution in [2.24, 2.45) is 0 Å². The maximum absolute atomic E-state index is 12.2. The topological polar surface area (TPSA) is 66.8 Å². The number of morpholine rings is 1. The minimum absolute atomic E-state index is 0.0436. The van der Waals surface area contributed by atoms with E-state index in [9.17, 15) is 9.59 Å². The molecule has 0 aliphatic carbocycles. The van der Waals surface area contributed by atoms with Gasteiger partial charge in [0.2, 0.25) is 5.91 Å². The maximum Gasteiger partial charge on any atom is 0.328 e. The summed E-state index contributed by atoms with van der Waals surface area (Å²) in [6.45, 7) is 0.727. The molecule has 0 aromatic heterocycles. The molecule has 1 aliphatic heterocycles. The number of nitrogens with zero attached hydrogens (tertiary/aromatic N) is 1. The minimum atomic E-state index is -1.04. The van der Waals surface area contributed by atoms with Crippen LogP contribution in [0.4, 0.5) is 0 Å². The molecule has 1 amide bonds. The van der Waals surface area contributed by atoms with Crippen LogP contribution in [0.15, 0.2) is 22.7 Å². The molecule has 1 aromatic rings. The van der Waals surface area contributed by atoms with Crippen molar-refractivity contribution in [3.8, 4) is 0 Å². The Hall–Kier alpha value is -1.11. The number of rotatable bonds is 4. The van der Waals surface area contributed by atoms with Crippen molar-refractivity contribution in [3.63, 3.8) is 0 Å². The van der Waals surface area contributed by atoms with Crippen LogP contribution in [0.3, 0.4) is 0 Å². The minimum Gasteiger partial charge on any atom is -0.480 e. The number of halogens is 2. The van der Waals surface area contributed by atoms with Gasteiger partial charge in [-0.25, -0.2) is 4.79 Å². The van der Waals surface area contributed by atoms with Crippen molar-refractivity contribution < 1.29 is 19.4 Å². The summed E-state index contributed by atoms with van der Waals surface area (Å²) in [5, 5.41) is 9.73. The van der Waals surface area contributed by atoms with Crippen molar-refractivity contribution in [1.29, 1.82) is 0 Å². The van der Waals surface area contributed by atoms with Crippen LogP contribution in [-0.2, 0) is 20.7 Å². The maximum atomic E-state index is 12.2. The largest absolute Gasteiger partial charge is 0.480 e. The number of carbonyl (C=O) groups excluding carboxylic acids is 1. The van der Waals surface area contributed by atoms with E-state index in [0.717, 1.165) is 10.0 Å². The zero-order valence-corrected chi connectivity index (χ0v) is 13.6. The van der Waals surface area contributed by atoms with Gasteiger partial charge >= 0.3 is 5.97 Å². The summed E-state index contributed by atoms with van der Waals surface area (Å²) in [4.78, 5) is 24.8. The Kier molecular flexibility index (Phi) is 5.61. The highest BCUT2D eigenvalue weighted by Gasteiger charge is 2.32. The summed E-state index contributed by atoms with van der Waals surface area (Å²) in [6, 6.07) is 4.50. The highest BCUT2D eigenvalue weighted by Crippen LogP contribution is 2.23. The van der Waals surface area contributed by atoms with Gasteiger partial charge in [-0.05, 0) is 30.2 Å². The standard InChI is InChI=1S/C14H15BrClNO4/c15-11-3-2-10(16)7-9(11)1-4-13(18)17-5-6-21-8-12(17)14(19)20/h2-3,7,12H,1,4-6,8H2,(H,19,20). The first-order chi connectivity index (χ1) is 9.99. The Labute approximate surface area is 136 Å². The second-order valence-corrected chi connectivity index (χ2v) is 6.04. The van der Waals surface area contributed by atoms with Crippen LogP contribution in [-0.4, -0.2) is 47.7 Å². The molecular weight excluding hydrogens is 362 g/mol. The Morgan fingerprint density at radius 3 is 2.95 bits per heavy atom. The number of aryl methyl sites for hydroxylation is 1. The molecule has 5 nitrogen and oxygen atoms in total. The summed E-state index contributed by atoms with van der Waals surface area (Å²) in [5.74, 6) is -1.22. The van der Waals surface area contributed by atoms with Crippen LogP contribution in [0.25, 0.3) is 0 Å². The quantitative estimate of drug-likeness (QED) is 0.876. The van der Waals surface area contributed by atoms with Gasteiger partial charge in [0.15, 0.2) is 6.04 Å². The average molecular weight is 377 g/mol. The number of carboxylic acid groups (broad SMARTS) is 1. The lowest BCUT2D eigenvalue weighted by Gasteiger charge is -2.33. The van der Waals surface area contributed by atoms with Gasteiger partial charge in [0.1, 0.15) is 0 Å².